The maximum atomic E-state index is 12.3. The minimum absolute atomic E-state index is 0.154. The Labute approximate surface area is 128 Å². The van der Waals surface area contributed by atoms with Crippen LogP contribution in [0.2, 0.25) is 0 Å². The zero-order valence-electron chi connectivity index (χ0n) is 13.4. The number of carbonyl (C=O) groups is 1. The predicted molar refractivity (Wildman–Crippen MR) is 84.1 cm³/mol. The van der Waals surface area contributed by atoms with Crippen molar-refractivity contribution in [1.29, 1.82) is 0 Å². The van der Waals surface area contributed by atoms with Crippen LogP contribution in [-0.2, 0) is 9.53 Å². The van der Waals surface area contributed by atoms with Gasteiger partial charge < -0.3 is 15.4 Å². The fraction of sp³-hybridized carbons (Fsp3) is 0.938. The summed E-state index contributed by atoms with van der Waals surface area (Å²) in [5, 5.41) is 0. The first kappa shape index (κ1) is 16.7. The van der Waals surface area contributed by atoms with Crippen molar-refractivity contribution < 1.29 is 9.53 Å². The number of nitrogens with zero attached hydrogens (tertiary/aromatic N) is 2. The number of carbonyl (C=O) groups excluding carboxylic acids is 1. The Kier molecular flexibility index (Phi) is 6.93. The number of piperazine rings is 1. The first-order valence-corrected chi connectivity index (χ1v) is 8.58. The van der Waals surface area contributed by atoms with Gasteiger partial charge >= 0.3 is 0 Å². The van der Waals surface area contributed by atoms with Crippen molar-refractivity contribution in [3.8, 4) is 0 Å². The van der Waals surface area contributed by atoms with Crippen molar-refractivity contribution in [2.75, 3.05) is 39.3 Å². The highest BCUT2D eigenvalue weighted by Crippen LogP contribution is 2.18. The number of rotatable bonds is 6. The molecule has 0 aromatic carbocycles. The minimum atomic E-state index is 0.154. The van der Waals surface area contributed by atoms with E-state index >= 15 is 0 Å². The van der Waals surface area contributed by atoms with E-state index in [4.69, 9.17) is 10.5 Å². The van der Waals surface area contributed by atoms with E-state index in [2.05, 4.69) is 11.8 Å². The molecule has 2 saturated heterocycles. The van der Waals surface area contributed by atoms with Gasteiger partial charge in [0.2, 0.25) is 5.91 Å². The topological polar surface area (TPSA) is 58.8 Å². The van der Waals surface area contributed by atoms with E-state index in [1.165, 1.54) is 12.8 Å². The number of amides is 1. The van der Waals surface area contributed by atoms with Crippen molar-refractivity contribution >= 4 is 5.91 Å². The molecule has 2 fully saturated rings. The molecule has 2 heterocycles. The first-order valence-electron chi connectivity index (χ1n) is 8.58. The third kappa shape index (κ3) is 4.94. The smallest absolute Gasteiger partial charge is 0.225 e. The number of ether oxygens (including phenoxy) is 1. The molecule has 0 spiro atoms. The second-order valence-corrected chi connectivity index (χ2v) is 6.29. The van der Waals surface area contributed by atoms with E-state index < -0.39 is 0 Å². The molecule has 0 aromatic rings. The quantitative estimate of drug-likeness (QED) is 0.801. The fourth-order valence-corrected chi connectivity index (χ4v) is 3.41. The second-order valence-electron chi connectivity index (χ2n) is 6.29. The van der Waals surface area contributed by atoms with Crippen LogP contribution in [0.4, 0.5) is 0 Å². The highest BCUT2D eigenvalue weighted by Gasteiger charge is 2.27. The van der Waals surface area contributed by atoms with E-state index in [1.54, 1.807) is 0 Å². The summed E-state index contributed by atoms with van der Waals surface area (Å²) in [6.45, 7) is 7.33. The molecule has 1 amide bonds. The molecule has 2 atom stereocenters. The Morgan fingerprint density at radius 2 is 2.05 bits per heavy atom. The molecule has 21 heavy (non-hydrogen) atoms. The van der Waals surface area contributed by atoms with Gasteiger partial charge in [0.05, 0.1) is 12.5 Å². The van der Waals surface area contributed by atoms with Gasteiger partial charge in [-0.1, -0.05) is 13.3 Å². The number of nitrogens with two attached hydrogens (primary N) is 1. The van der Waals surface area contributed by atoms with Crippen LogP contribution in [0.3, 0.4) is 0 Å². The zero-order valence-corrected chi connectivity index (χ0v) is 13.4. The monoisotopic (exact) mass is 297 g/mol. The summed E-state index contributed by atoms with van der Waals surface area (Å²) in [5.41, 5.74) is 5.87. The summed E-state index contributed by atoms with van der Waals surface area (Å²) in [6.07, 6.45) is 6.41. The fourth-order valence-electron chi connectivity index (χ4n) is 3.41. The van der Waals surface area contributed by atoms with Gasteiger partial charge in [-0.2, -0.15) is 0 Å². The van der Waals surface area contributed by atoms with Crippen molar-refractivity contribution in [2.24, 2.45) is 5.73 Å². The SMILES string of the molecule is CCCC(CN)N1CCN(C(=O)CC2CCCCO2)CC1. The van der Waals surface area contributed by atoms with Crippen molar-refractivity contribution in [3.63, 3.8) is 0 Å². The third-order valence-electron chi connectivity index (χ3n) is 4.75. The summed E-state index contributed by atoms with van der Waals surface area (Å²) in [6, 6.07) is 0.480. The lowest BCUT2D eigenvalue weighted by Crippen LogP contribution is -2.54. The lowest BCUT2D eigenvalue weighted by Gasteiger charge is -2.39. The number of hydrogen-bond donors (Lipinski definition) is 1. The molecule has 2 aliphatic rings. The molecule has 2 N–H and O–H groups in total. The first-order chi connectivity index (χ1) is 10.2. The largest absolute Gasteiger partial charge is 0.378 e. The van der Waals surface area contributed by atoms with E-state index in [0.29, 0.717) is 12.5 Å². The van der Waals surface area contributed by atoms with Crippen LogP contribution in [0.1, 0.15) is 45.4 Å². The van der Waals surface area contributed by atoms with Gasteiger partial charge in [-0.15, -0.1) is 0 Å². The number of hydrogen-bond acceptors (Lipinski definition) is 4. The molecule has 0 radical (unpaired) electrons. The van der Waals surface area contributed by atoms with Crippen molar-refractivity contribution in [2.45, 2.75) is 57.6 Å². The third-order valence-corrected chi connectivity index (χ3v) is 4.75. The molecule has 122 valence electrons. The van der Waals surface area contributed by atoms with Gasteiger partial charge in [0.25, 0.3) is 0 Å². The molecular formula is C16H31N3O2. The molecule has 0 saturated carbocycles. The lowest BCUT2D eigenvalue weighted by atomic mass is 10.1. The summed E-state index contributed by atoms with van der Waals surface area (Å²) in [7, 11) is 0. The highest BCUT2D eigenvalue weighted by atomic mass is 16.5. The molecule has 0 aliphatic carbocycles. The molecule has 5 nitrogen and oxygen atoms in total. The standard InChI is InChI=1S/C16H31N3O2/c1-2-5-14(13-17)18-7-9-19(10-8-18)16(20)12-15-6-3-4-11-21-15/h14-15H,2-13,17H2,1H3. The molecular weight excluding hydrogens is 266 g/mol. The van der Waals surface area contributed by atoms with E-state index in [1.807, 2.05) is 4.90 Å². The zero-order chi connectivity index (χ0) is 15.1. The van der Waals surface area contributed by atoms with Crippen LogP contribution >= 0.6 is 0 Å². The van der Waals surface area contributed by atoms with E-state index in [0.717, 1.165) is 58.6 Å². The highest BCUT2D eigenvalue weighted by molar-refractivity contribution is 5.76. The van der Waals surface area contributed by atoms with E-state index in [9.17, 15) is 4.79 Å². The van der Waals surface area contributed by atoms with Crippen molar-refractivity contribution in [3.05, 3.63) is 0 Å². The maximum Gasteiger partial charge on any atom is 0.225 e. The van der Waals surface area contributed by atoms with Gasteiger partial charge in [-0.05, 0) is 25.7 Å². The molecule has 0 aromatic heterocycles. The van der Waals surface area contributed by atoms with Gasteiger partial charge in [0, 0.05) is 45.4 Å². The Bertz CT molecular complexity index is 311. The van der Waals surface area contributed by atoms with E-state index in [-0.39, 0.29) is 12.0 Å². The Morgan fingerprint density at radius 1 is 1.29 bits per heavy atom. The average molecular weight is 297 g/mol. The summed E-state index contributed by atoms with van der Waals surface area (Å²) in [5.74, 6) is 0.265. The second kappa shape index (κ2) is 8.71. The van der Waals surface area contributed by atoms with Gasteiger partial charge in [0.15, 0.2) is 0 Å². The van der Waals surface area contributed by atoms with Gasteiger partial charge in [-0.3, -0.25) is 9.69 Å². The molecule has 2 aliphatic heterocycles. The van der Waals surface area contributed by atoms with Crippen LogP contribution in [0.25, 0.3) is 0 Å². The lowest BCUT2D eigenvalue weighted by molar-refractivity contribution is -0.137. The normalized spacial score (nSPS) is 25.8. The summed E-state index contributed by atoms with van der Waals surface area (Å²) >= 11 is 0. The molecule has 5 heteroatoms. The predicted octanol–water partition coefficient (Wildman–Crippen LogP) is 1.22. The van der Waals surface area contributed by atoms with Gasteiger partial charge in [0.1, 0.15) is 0 Å². The summed E-state index contributed by atoms with van der Waals surface area (Å²) in [4.78, 5) is 16.8. The molecule has 0 bridgehead atoms. The van der Waals surface area contributed by atoms with Crippen LogP contribution in [0.5, 0.6) is 0 Å². The molecule has 2 rings (SSSR count). The van der Waals surface area contributed by atoms with Crippen LogP contribution in [-0.4, -0.2) is 67.2 Å². The Balaban J connectivity index is 1.73. The minimum Gasteiger partial charge on any atom is -0.378 e. The maximum absolute atomic E-state index is 12.3. The van der Waals surface area contributed by atoms with Gasteiger partial charge in [-0.25, -0.2) is 0 Å². The van der Waals surface area contributed by atoms with Crippen LogP contribution in [0.15, 0.2) is 0 Å². The van der Waals surface area contributed by atoms with Crippen molar-refractivity contribution in [1.82, 2.24) is 9.80 Å². The summed E-state index contributed by atoms with van der Waals surface area (Å²) < 4.78 is 5.67. The Hall–Kier alpha value is -0.650. The Morgan fingerprint density at radius 3 is 2.62 bits per heavy atom. The molecule has 2 unspecified atom stereocenters. The van der Waals surface area contributed by atoms with Crippen LogP contribution in [0, 0.1) is 0 Å². The van der Waals surface area contributed by atoms with Crippen LogP contribution < -0.4 is 5.73 Å². The average Bonchev–Trinajstić information content (AvgIpc) is 2.54.